The van der Waals surface area contributed by atoms with Gasteiger partial charge >= 0.3 is 5.97 Å². The third-order valence-electron chi connectivity index (χ3n) is 4.13. The molecular weight excluding hydrogens is 262 g/mol. The summed E-state index contributed by atoms with van der Waals surface area (Å²) in [7, 11) is 0. The lowest BCUT2D eigenvalue weighted by molar-refractivity contribution is -0.143. The van der Waals surface area contributed by atoms with Crippen LogP contribution >= 0.6 is 0 Å². The molecule has 1 saturated heterocycles. The van der Waals surface area contributed by atoms with Gasteiger partial charge in [-0.1, -0.05) is 6.42 Å². The van der Waals surface area contributed by atoms with Crippen LogP contribution in [0.5, 0.6) is 0 Å². The first-order chi connectivity index (χ1) is 9.64. The highest BCUT2D eigenvalue weighted by molar-refractivity contribution is 5.95. The number of carboxylic acid groups (broad SMARTS) is 1. The lowest BCUT2D eigenvalue weighted by atomic mass is 9.90. The van der Waals surface area contributed by atoms with Gasteiger partial charge in [-0.25, -0.2) is 4.79 Å². The van der Waals surface area contributed by atoms with E-state index in [2.05, 4.69) is 0 Å². The van der Waals surface area contributed by atoms with Crippen molar-refractivity contribution < 1.29 is 23.8 Å². The number of carboxylic acids is 1. The Bertz CT molecular complexity index is 504. The molecule has 3 rings (SSSR count). The molecule has 2 aliphatic rings. The van der Waals surface area contributed by atoms with Gasteiger partial charge in [-0.15, -0.1) is 0 Å². The first-order valence-electron chi connectivity index (χ1n) is 6.88. The maximum absolute atomic E-state index is 12.6. The zero-order valence-electron chi connectivity index (χ0n) is 11.1. The average molecular weight is 279 g/mol. The number of hydrogen-bond donors (Lipinski definition) is 1. The van der Waals surface area contributed by atoms with Crippen molar-refractivity contribution >= 4 is 11.9 Å². The summed E-state index contributed by atoms with van der Waals surface area (Å²) >= 11 is 0. The lowest BCUT2D eigenvalue weighted by Gasteiger charge is -2.40. The number of hydrogen-bond acceptors (Lipinski definition) is 4. The van der Waals surface area contributed by atoms with E-state index in [1.807, 2.05) is 0 Å². The maximum atomic E-state index is 12.6. The average Bonchev–Trinajstić information content (AvgIpc) is 3.07. The van der Waals surface area contributed by atoms with Crippen LogP contribution in [0.4, 0.5) is 0 Å². The molecule has 20 heavy (non-hydrogen) atoms. The standard InChI is InChI=1S/C14H17NO5/c16-12(11-5-4-8-19-11)15-10(13(17)18)9-20-14(15)6-2-1-3-7-14/h4-5,8,10H,1-3,6-7,9H2,(H,17,18)/t10-/m1/s1. The highest BCUT2D eigenvalue weighted by atomic mass is 16.5. The van der Waals surface area contributed by atoms with Crippen molar-refractivity contribution in [2.24, 2.45) is 0 Å². The van der Waals surface area contributed by atoms with Crippen LogP contribution in [0.1, 0.15) is 42.7 Å². The van der Waals surface area contributed by atoms with Crippen molar-refractivity contribution in [3.63, 3.8) is 0 Å². The number of ether oxygens (including phenoxy) is 1. The predicted molar refractivity (Wildman–Crippen MR) is 68.1 cm³/mol. The van der Waals surface area contributed by atoms with Crippen LogP contribution in [0.2, 0.25) is 0 Å². The van der Waals surface area contributed by atoms with E-state index in [-0.39, 0.29) is 12.4 Å². The normalized spacial score (nSPS) is 25.0. The van der Waals surface area contributed by atoms with Crippen LogP contribution in [-0.2, 0) is 9.53 Å². The molecule has 0 bridgehead atoms. The number of aliphatic carboxylic acids is 1. The monoisotopic (exact) mass is 279 g/mol. The molecule has 0 radical (unpaired) electrons. The SMILES string of the molecule is O=C(O)[C@H]1COC2(CCCCC2)N1C(=O)c1ccco1. The smallest absolute Gasteiger partial charge is 0.328 e. The number of carbonyl (C=O) groups is 2. The highest BCUT2D eigenvalue weighted by Crippen LogP contribution is 2.41. The summed E-state index contributed by atoms with van der Waals surface area (Å²) in [6.45, 7) is 0.0434. The number of carbonyl (C=O) groups excluding carboxylic acids is 1. The van der Waals surface area contributed by atoms with Gasteiger partial charge in [0.05, 0.1) is 12.9 Å². The lowest BCUT2D eigenvalue weighted by Crippen LogP contribution is -2.54. The quantitative estimate of drug-likeness (QED) is 0.893. The summed E-state index contributed by atoms with van der Waals surface area (Å²) in [6.07, 6.45) is 5.74. The largest absolute Gasteiger partial charge is 0.480 e. The zero-order valence-corrected chi connectivity index (χ0v) is 11.1. The van der Waals surface area contributed by atoms with Crippen LogP contribution < -0.4 is 0 Å². The zero-order chi connectivity index (χ0) is 14.2. The van der Waals surface area contributed by atoms with E-state index < -0.39 is 23.6 Å². The summed E-state index contributed by atoms with van der Waals surface area (Å²) in [5.41, 5.74) is -0.773. The van der Waals surface area contributed by atoms with E-state index in [9.17, 15) is 14.7 Å². The fraction of sp³-hybridized carbons (Fsp3) is 0.571. The van der Waals surface area contributed by atoms with E-state index >= 15 is 0 Å². The second kappa shape index (κ2) is 4.94. The van der Waals surface area contributed by atoms with E-state index in [1.54, 1.807) is 12.1 Å². The molecule has 1 spiro atoms. The van der Waals surface area contributed by atoms with Gasteiger partial charge in [0.25, 0.3) is 5.91 Å². The Morgan fingerprint density at radius 1 is 1.30 bits per heavy atom. The van der Waals surface area contributed by atoms with E-state index in [0.717, 1.165) is 19.3 Å². The maximum Gasteiger partial charge on any atom is 0.328 e. The molecule has 1 atom stereocenters. The minimum Gasteiger partial charge on any atom is -0.480 e. The van der Waals surface area contributed by atoms with Crippen LogP contribution in [-0.4, -0.2) is 40.3 Å². The van der Waals surface area contributed by atoms with Gasteiger partial charge in [0.15, 0.2) is 11.8 Å². The van der Waals surface area contributed by atoms with Crippen LogP contribution in [0.3, 0.4) is 0 Å². The Labute approximate surface area is 116 Å². The van der Waals surface area contributed by atoms with Gasteiger partial charge in [0.2, 0.25) is 0 Å². The van der Waals surface area contributed by atoms with Gasteiger partial charge < -0.3 is 14.3 Å². The summed E-state index contributed by atoms with van der Waals surface area (Å²) < 4.78 is 10.9. The van der Waals surface area contributed by atoms with Gasteiger partial charge in [0, 0.05) is 0 Å². The van der Waals surface area contributed by atoms with Crippen LogP contribution in [0.25, 0.3) is 0 Å². The molecule has 1 saturated carbocycles. The Morgan fingerprint density at radius 2 is 2.05 bits per heavy atom. The molecular formula is C14H17NO5. The molecule has 6 nitrogen and oxygen atoms in total. The van der Waals surface area contributed by atoms with E-state index in [4.69, 9.17) is 9.15 Å². The van der Waals surface area contributed by atoms with Gasteiger partial charge in [-0.2, -0.15) is 0 Å². The molecule has 0 unspecified atom stereocenters. The Hall–Kier alpha value is -1.82. The molecule has 6 heteroatoms. The number of furan rings is 1. The third-order valence-corrected chi connectivity index (χ3v) is 4.13. The van der Waals surface area contributed by atoms with Crippen molar-refractivity contribution in [2.45, 2.75) is 43.9 Å². The molecule has 2 heterocycles. The van der Waals surface area contributed by atoms with E-state index in [0.29, 0.717) is 12.8 Å². The third kappa shape index (κ3) is 2.00. The summed E-state index contributed by atoms with van der Waals surface area (Å²) in [5.74, 6) is -1.28. The second-order valence-electron chi connectivity index (χ2n) is 5.32. The molecule has 0 aromatic carbocycles. The Balaban J connectivity index is 1.95. The summed E-state index contributed by atoms with van der Waals surface area (Å²) in [4.78, 5) is 25.4. The van der Waals surface area contributed by atoms with Gasteiger partial charge in [-0.3, -0.25) is 9.69 Å². The van der Waals surface area contributed by atoms with Crippen molar-refractivity contribution in [3.05, 3.63) is 24.2 Å². The second-order valence-corrected chi connectivity index (χ2v) is 5.32. The van der Waals surface area contributed by atoms with Gasteiger partial charge in [-0.05, 0) is 37.8 Å². The number of nitrogens with zero attached hydrogens (tertiary/aromatic N) is 1. The Morgan fingerprint density at radius 3 is 2.65 bits per heavy atom. The van der Waals surface area contributed by atoms with Crippen LogP contribution in [0, 0.1) is 0 Å². The van der Waals surface area contributed by atoms with Gasteiger partial charge in [0.1, 0.15) is 5.72 Å². The molecule has 1 aliphatic carbocycles. The van der Waals surface area contributed by atoms with E-state index in [1.165, 1.54) is 11.2 Å². The predicted octanol–water partition coefficient (Wildman–Crippen LogP) is 1.87. The minimum atomic E-state index is -1.03. The summed E-state index contributed by atoms with van der Waals surface area (Å²) in [6, 6.07) is 2.23. The van der Waals surface area contributed by atoms with Crippen molar-refractivity contribution in [3.8, 4) is 0 Å². The molecule has 108 valence electrons. The topological polar surface area (TPSA) is 80.0 Å². The van der Waals surface area contributed by atoms with Crippen molar-refractivity contribution in [1.29, 1.82) is 0 Å². The summed E-state index contributed by atoms with van der Waals surface area (Å²) in [5, 5.41) is 9.34. The molecule has 1 aromatic rings. The Kier molecular flexibility index (Phi) is 3.25. The van der Waals surface area contributed by atoms with Crippen molar-refractivity contribution in [1.82, 2.24) is 4.90 Å². The molecule has 1 N–H and O–H groups in total. The first kappa shape index (κ1) is 13.2. The fourth-order valence-corrected chi connectivity index (χ4v) is 3.18. The molecule has 1 aromatic heterocycles. The highest BCUT2D eigenvalue weighted by Gasteiger charge is 2.53. The van der Waals surface area contributed by atoms with Crippen LogP contribution in [0.15, 0.2) is 22.8 Å². The first-order valence-corrected chi connectivity index (χ1v) is 6.88. The number of rotatable bonds is 2. The molecule has 1 aliphatic heterocycles. The number of amides is 1. The molecule has 2 fully saturated rings. The fourth-order valence-electron chi connectivity index (χ4n) is 3.18. The minimum absolute atomic E-state index is 0.0434. The molecule has 1 amide bonds. The van der Waals surface area contributed by atoms with Crippen molar-refractivity contribution in [2.75, 3.05) is 6.61 Å².